The first-order valence-electron chi connectivity index (χ1n) is 7.34. The van der Waals surface area contributed by atoms with Crippen LogP contribution in [0.2, 0.25) is 0 Å². The topological polar surface area (TPSA) is 0 Å². The molecule has 114 valence electrons. The Bertz CT molecular complexity index is 518. The molecule has 0 amide bonds. The summed E-state index contributed by atoms with van der Waals surface area (Å²) in [5.41, 5.74) is 7.86. The molecule has 0 bridgehead atoms. The second-order valence-corrected chi connectivity index (χ2v) is 6.05. The van der Waals surface area contributed by atoms with E-state index < -0.39 is 0 Å². The van der Waals surface area contributed by atoms with Gasteiger partial charge < -0.3 is 0 Å². The Labute approximate surface area is 131 Å². The highest BCUT2D eigenvalue weighted by Gasteiger charge is 2.06. The van der Waals surface area contributed by atoms with Crippen LogP contribution >= 0.6 is 0 Å². The highest BCUT2D eigenvalue weighted by Crippen LogP contribution is 2.25. The molecule has 0 aliphatic heterocycles. The minimum absolute atomic E-state index is 0.896. The zero-order valence-electron chi connectivity index (χ0n) is 14.3. The summed E-state index contributed by atoms with van der Waals surface area (Å²) in [6, 6.07) is 0. The highest BCUT2D eigenvalue weighted by atomic mass is 14.1. The average Bonchev–Trinajstić information content (AvgIpc) is 2.31. The van der Waals surface area contributed by atoms with Crippen LogP contribution in [-0.4, -0.2) is 0 Å². The summed E-state index contributed by atoms with van der Waals surface area (Å²) in [5, 5.41) is 0. The van der Waals surface area contributed by atoms with E-state index in [-0.39, 0.29) is 0 Å². The third-order valence-corrected chi connectivity index (χ3v) is 3.08. The van der Waals surface area contributed by atoms with E-state index in [2.05, 4.69) is 52.0 Å². The van der Waals surface area contributed by atoms with Crippen LogP contribution in [0.15, 0.2) is 84.1 Å². The zero-order valence-corrected chi connectivity index (χ0v) is 14.3. The Morgan fingerprint density at radius 3 is 1.81 bits per heavy atom. The van der Waals surface area contributed by atoms with Crippen molar-refractivity contribution in [3.63, 3.8) is 0 Å². The second-order valence-electron chi connectivity index (χ2n) is 6.05. The van der Waals surface area contributed by atoms with Crippen molar-refractivity contribution >= 4 is 0 Å². The number of rotatable bonds is 9. The van der Waals surface area contributed by atoms with Crippen molar-refractivity contribution in [3.05, 3.63) is 84.1 Å². The molecular formula is C21H30. The molecule has 0 spiro atoms. The van der Waals surface area contributed by atoms with Gasteiger partial charge in [-0.2, -0.15) is 0 Å². The van der Waals surface area contributed by atoms with E-state index in [4.69, 9.17) is 0 Å². The summed E-state index contributed by atoms with van der Waals surface area (Å²) in [6.45, 7) is 28.3. The van der Waals surface area contributed by atoms with Crippen LogP contribution in [-0.2, 0) is 0 Å². The Hall–Kier alpha value is -1.82. The molecule has 0 aliphatic rings. The lowest BCUT2D eigenvalue weighted by Crippen LogP contribution is -1.93. The van der Waals surface area contributed by atoms with Gasteiger partial charge in [-0.1, -0.05) is 72.9 Å². The van der Waals surface area contributed by atoms with Crippen LogP contribution in [0.25, 0.3) is 0 Å². The molecule has 0 saturated carbocycles. The molecule has 0 aliphatic carbocycles. The van der Waals surface area contributed by atoms with Crippen LogP contribution in [0, 0.1) is 0 Å². The van der Waals surface area contributed by atoms with Crippen molar-refractivity contribution in [3.8, 4) is 0 Å². The summed E-state index contributed by atoms with van der Waals surface area (Å²) in [4.78, 5) is 0. The summed E-state index contributed by atoms with van der Waals surface area (Å²) >= 11 is 0. The third-order valence-electron chi connectivity index (χ3n) is 3.08. The SMILES string of the molecule is C=C(C)C=C(C)C=C(CCC(=C)CC(=C)C)C(=C)C(=C)C. The van der Waals surface area contributed by atoms with Crippen LogP contribution in [0.3, 0.4) is 0 Å². The van der Waals surface area contributed by atoms with Gasteiger partial charge in [0, 0.05) is 0 Å². The predicted octanol–water partition coefficient (Wildman–Crippen LogP) is 6.87. The van der Waals surface area contributed by atoms with Crippen LogP contribution in [0.1, 0.15) is 47.0 Å². The van der Waals surface area contributed by atoms with Gasteiger partial charge in [0.1, 0.15) is 0 Å². The molecule has 0 saturated heterocycles. The second kappa shape index (κ2) is 9.18. The van der Waals surface area contributed by atoms with Crippen molar-refractivity contribution in [2.24, 2.45) is 0 Å². The molecule has 21 heavy (non-hydrogen) atoms. The van der Waals surface area contributed by atoms with Crippen molar-refractivity contribution in [1.29, 1.82) is 0 Å². The number of allylic oxidation sites excluding steroid dienone is 9. The first-order chi connectivity index (χ1) is 9.63. The van der Waals surface area contributed by atoms with Gasteiger partial charge in [0.15, 0.2) is 0 Å². The molecule has 0 fully saturated rings. The molecule has 0 radical (unpaired) electrons. The first kappa shape index (κ1) is 19.2. The zero-order chi connectivity index (χ0) is 16.6. The Balaban J connectivity index is 5.09. The Morgan fingerprint density at radius 1 is 0.810 bits per heavy atom. The Kier molecular flexibility index (Phi) is 8.38. The van der Waals surface area contributed by atoms with E-state index in [0.29, 0.717) is 0 Å². The van der Waals surface area contributed by atoms with Crippen LogP contribution in [0.4, 0.5) is 0 Å². The standard InChI is InChI=1S/C21H30/c1-15(2)12-18(7)10-11-21(20(9)17(5)6)14-19(8)13-16(3)4/h13-14H,1,3,5,7,9-12H2,2,4,6,8H3. The summed E-state index contributed by atoms with van der Waals surface area (Å²) < 4.78 is 0. The van der Waals surface area contributed by atoms with E-state index in [1.807, 2.05) is 20.8 Å². The van der Waals surface area contributed by atoms with E-state index >= 15 is 0 Å². The van der Waals surface area contributed by atoms with Gasteiger partial charge in [-0.25, -0.2) is 0 Å². The lowest BCUT2D eigenvalue weighted by Gasteiger charge is -2.13. The van der Waals surface area contributed by atoms with Crippen molar-refractivity contribution < 1.29 is 0 Å². The maximum atomic E-state index is 4.16. The Morgan fingerprint density at radius 2 is 1.38 bits per heavy atom. The maximum Gasteiger partial charge on any atom is -0.0117 e. The normalized spacial score (nSPS) is 12.0. The lowest BCUT2D eigenvalue weighted by atomic mass is 9.92. The molecule has 0 aromatic carbocycles. The monoisotopic (exact) mass is 282 g/mol. The number of hydrogen-bond donors (Lipinski definition) is 0. The van der Waals surface area contributed by atoms with Gasteiger partial charge in [0.05, 0.1) is 0 Å². The lowest BCUT2D eigenvalue weighted by molar-refractivity contribution is 0.894. The fourth-order valence-electron chi connectivity index (χ4n) is 2.12. The van der Waals surface area contributed by atoms with E-state index in [1.54, 1.807) is 0 Å². The molecular weight excluding hydrogens is 252 g/mol. The summed E-state index contributed by atoms with van der Waals surface area (Å²) in [7, 11) is 0. The maximum absolute atomic E-state index is 4.16. The van der Waals surface area contributed by atoms with Gasteiger partial charge >= 0.3 is 0 Å². The summed E-state index contributed by atoms with van der Waals surface area (Å²) in [6.07, 6.45) is 7.03. The molecule has 0 aromatic heterocycles. The molecule has 0 rings (SSSR count). The fraction of sp³-hybridized carbons (Fsp3) is 0.333. The minimum Gasteiger partial charge on any atom is -0.0998 e. The highest BCUT2D eigenvalue weighted by molar-refractivity contribution is 5.46. The first-order valence-corrected chi connectivity index (χ1v) is 7.34. The van der Waals surface area contributed by atoms with Crippen molar-refractivity contribution in [1.82, 2.24) is 0 Å². The van der Waals surface area contributed by atoms with E-state index in [0.717, 1.165) is 41.6 Å². The van der Waals surface area contributed by atoms with Gasteiger partial charge in [0.25, 0.3) is 0 Å². The van der Waals surface area contributed by atoms with E-state index in [1.165, 1.54) is 16.7 Å². The largest absolute Gasteiger partial charge is 0.0998 e. The third kappa shape index (κ3) is 8.86. The minimum atomic E-state index is 0.896. The molecule has 0 heterocycles. The smallest absolute Gasteiger partial charge is 0.0117 e. The molecule has 0 heteroatoms. The predicted molar refractivity (Wildman–Crippen MR) is 98.4 cm³/mol. The van der Waals surface area contributed by atoms with Crippen molar-refractivity contribution in [2.45, 2.75) is 47.0 Å². The summed E-state index contributed by atoms with van der Waals surface area (Å²) in [5.74, 6) is 0. The van der Waals surface area contributed by atoms with Gasteiger partial charge in [0.2, 0.25) is 0 Å². The van der Waals surface area contributed by atoms with Crippen LogP contribution < -0.4 is 0 Å². The number of hydrogen-bond acceptors (Lipinski definition) is 0. The van der Waals surface area contributed by atoms with Gasteiger partial charge in [-0.05, 0) is 58.1 Å². The van der Waals surface area contributed by atoms with Crippen molar-refractivity contribution in [2.75, 3.05) is 0 Å². The molecule has 0 atom stereocenters. The molecule has 0 unspecified atom stereocenters. The fourth-order valence-corrected chi connectivity index (χ4v) is 2.12. The molecule has 0 nitrogen and oxygen atoms in total. The quantitative estimate of drug-likeness (QED) is 0.320. The van der Waals surface area contributed by atoms with Gasteiger partial charge in [-0.3, -0.25) is 0 Å². The van der Waals surface area contributed by atoms with Crippen LogP contribution in [0.5, 0.6) is 0 Å². The molecule has 0 N–H and O–H groups in total. The molecule has 0 aromatic rings. The van der Waals surface area contributed by atoms with E-state index in [9.17, 15) is 0 Å². The average molecular weight is 282 g/mol. The van der Waals surface area contributed by atoms with Gasteiger partial charge in [-0.15, -0.1) is 0 Å².